The van der Waals surface area contributed by atoms with Crippen LogP contribution in [0.3, 0.4) is 0 Å². The molecule has 0 bridgehead atoms. The molecule has 3 aromatic rings. The molecule has 0 unspecified atom stereocenters. The van der Waals surface area contributed by atoms with E-state index in [0.29, 0.717) is 18.1 Å². The monoisotopic (exact) mass is 297 g/mol. The fourth-order valence-corrected chi connectivity index (χ4v) is 2.57. The predicted molar refractivity (Wildman–Crippen MR) is 81.2 cm³/mol. The Bertz CT molecular complexity index is 829. The number of hydrogen-bond acceptors (Lipinski definition) is 5. The van der Waals surface area contributed by atoms with Gasteiger partial charge in [0.25, 0.3) is 0 Å². The smallest absolute Gasteiger partial charge is 0.231 e. The van der Waals surface area contributed by atoms with Crippen LogP contribution in [0.4, 0.5) is 0 Å². The van der Waals surface area contributed by atoms with Gasteiger partial charge in [0, 0.05) is 6.20 Å². The van der Waals surface area contributed by atoms with E-state index < -0.39 is 0 Å². The summed E-state index contributed by atoms with van der Waals surface area (Å²) in [7, 11) is 0. The lowest BCUT2D eigenvalue weighted by molar-refractivity contribution is 0.174. The maximum absolute atomic E-state index is 5.88. The van der Waals surface area contributed by atoms with Crippen molar-refractivity contribution in [1.82, 2.24) is 15.0 Å². The van der Waals surface area contributed by atoms with Crippen LogP contribution in [0.15, 0.2) is 30.7 Å². The van der Waals surface area contributed by atoms with E-state index in [9.17, 15) is 0 Å². The third-order valence-electron chi connectivity index (χ3n) is 3.54. The standard InChI is InChI=1S/C16H15N3O3/c1-2-7-20-11-3-4-12-16(22-9-21-12)13(11)15-14-10(5-6-17-14)18-8-19-15/h3-6,8,17H,2,7,9H2,1H3. The van der Waals surface area contributed by atoms with E-state index in [-0.39, 0.29) is 6.79 Å². The fraction of sp³-hybridized carbons (Fsp3) is 0.250. The Morgan fingerprint density at radius 2 is 2.18 bits per heavy atom. The topological polar surface area (TPSA) is 69.3 Å². The van der Waals surface area contributed by atoms with Crippen LogP contribution in [0.2, 0.25) is 0 Å². The van der Waals surface area contributed by atoms with Crippen molar-refractivity contribution >= 4 is 11.0 Å². The van der Waals surface area contributed by atoms with Crippen molar-refractivity contribution in [3.8, 4) is 28.5 Å². The lowest BCUT2D eigenvalue weighted by Gasteiger charge is -2.13. The second kappa shape index (κ2) is 5.22. The van der Waals surface area contributed by atoms with Crippen molar-refractivity contribution in [3.05, 3.63) is 30.7 Å². The number of rotatable bonds is 4. The first-order chi connectivity index (χ1) is 10.9. The molecule has 0 spiro atoms. The normalized spacial score (nSPS) is 12.8. The van der Waals surface area contributed by atoms with Crippen molar-refractivity contribution in [2.45, 2.75) is 13.3 Å². The summed E-state index contributed by atoms with van der Waals surface area (Å²) in [5, 5.41) is 0. The average Bonchev–Trinajstić information content (AvgIpc) is 3.20. The molecule has 6 heteroatoms. The molecule has 1 aliphatic rings. The van der Waals surface area contributed by atoms with E-state index in [0.717, 1.165) is 34.5 Å². The third-order valence-corrected chi connectivity index (χ3v) is 3.54. The minimum absolute atomic E-state index is 0.207. The van der Waals surface area contributed by atoms with Gasteiger partial charge >= 0.3 is 0 Å². The Labute approximate surface area is 127 Å². The van der Waals surface area contributed by atoms with E-state index >= 15 is 0 Å². The van der Waals surface area contributed by atoms with Crippen LogP contribution in [0.1, 0.15) is 13.3 Å². The SMILES string of the molecule is CCCOc1ccc2c(c1-c1ncnc3cc[nH]c13)OCO2. The number of nitrogens with zero attached hydrogens (tertiary/aromatic N) is 2. The number of H-pyrrole nitrogens is 1. The van der Waals surface area contributed by atoms with Crippen molar-refractivity contribution < 1.29 is 14.2 Å². The quantitative estimate of drug-likeness (QED) is 0.801. The number of hydrogen-bond donors (Lipinski definition) is 1. The summed E-state index contributed by atoms with van der Waals surface area (Å²) in [4.78, 5) is 11.9. The molecule has 112 valence electrons. The van der Waals surface area contributed by atoms with Crippen LogP contribution in [0, 0.1) is 0 Å². The first kappa shape index (κ1) is 12.9. The second-order valence-corrected chi connectivity index (χ2v) is 4.98. The number of ether oxygens (including phenoxy) is 3. The molecule has 6 nitrogen and oxygen atoms in total. The van der Waals surface area contributed by atoms with E-state index in [2.05, 4.69) is 21.9 Å². The first-order valence-electron chi connectivity index (χ1n) is 7.22. The molecular formula is C16H15N3O3. The highest BCUT2D eigenvalue weighted by Gasteiger charge is 2.25. The molecule has 1 N–H and O–H groups in total. The molecule has 0 atom stereocenters. The first-order valence-corrected chi connectivity index (χ1v) is 7.22. The van der Waals surface area contributed by atoms with Crippen LogP contribution in [-0.2, 0) is 0 Å². The summed E-state index contributed by atoms with van der Waals surface area (Å²) in [6, 6.07) is 5.67. The largest absolute Gasteiger partial charge is 0.493 e. The Morgan fingerprint density at radius 3 is 3.09 bits per heavy atom. The van der Waals surface area contributed by atoms with Gasteiger partial charge in [-0.2, -0.15) is 0 Å². The lowest BCUT2D eigenvalue weighted by atomic mass is 10.1. The van der Waals surface area contributed by atoms with Gasteiger partial charge < -0.3 is 19.2 Å². The van der Waals surface area contributed by atoms with Crippen molar-refractivity contribution in [2.75, 3.05) is 13.4 Å². The van der Waals surface area contributed by atoms with Crippen LogP contribution in [-0.4, -0.2) is 28.4 Å². The minimum Gasteiger partial charge on any atom is -0.493 e. The Kier molecular flexibility index (Phi) is 3.07. The molecule has 0 aliphatic carbocycles. The fourth-order valence-electron chi connectivity index (χ4n) is 2.57. The molecule has 4 rings (SSSR count). The van der Waals surface area contributed by atoms with Gasteiger partial charge in [-0.1, -0.05) is 6.92 Å². The molecule has 0 radical (unpaired) electrons. The number of aromatic amines is 1. The van der Waals surface area contributed by atoms with Gasteiger partial charge in [-0.05, 0) is 24.6 Å². The summed E-state index contributed by atoms with van der Waals surface area (Å²) in [6.45, 7) is 2.91. The number of nitrogens with one attached hydrogen (secondary N) is 1. The van der Waals surface area contributed by atoms with Gasteiger partial charge in [-0.3, -0.25) is 0 Å². The summed E-state index contributed by atoms with van der Waals surface area (Å²) in [6.07, 6.45) is 4.32. The van der Waals surface area contributed by atoms with Crippen molar-refractivity contribution in [2.24, 2.45) is 0 Å². The number of fused-ring (bicyclic) bond motifs is 2. The Morgan fingerprint density at radius 1 is 1.23 bits per heavy atom. The Hall–Kier alpha value is -2.76. The van der Waals surface area contributed by atoms with E-state index in [1.807, 2.05) is 24.4 Å². The minimum atomic E-state index is 0.207. The molecule has 22 heavy (non-hydrogen) atoms. The molecule has 2 aromatic heterocycles. The third kappa shape index (κ3) is 1.95. The number of benzene rings is 1. The highest BCUT2D eigenvalue weighted by molar-refractivity contribution is 5.94. The number of aromatic nitrogens is 3. The maximum atomic E-state index is 5.88. The van der Waals surface area contributed by atoms with Crippen molar-refractivity contribution in [1.29, 1.82) is 0 Å². The zero-order chi connectivity index (χ0) is 14.9. The average molecular weight is 297 g/mol. The molecule has 3 heterocycles. The summed E-state index contributed by atoms with van der Waals surface area (Å²) >= 11 is 0. The van der Waals surface area contributed by atoms with Crippen LogP contribution in [0.5, 0.6) is 17.2 Å². The highest BCUT2D eigenvalue weighted by Crippen LogP contribution is 2.47. The highest BCUT2D eigenvalue weighted by atomic mass is 16.7. The maximum Gasteiger partial charge on any atom is 0.231 e. The summed E-state index contributed by atoms with van der Waals surface area (Å²) in [5.74, 6) is 2.11. The molecule has 0 saturated heterocycles. The summed E-state index contributed by atoms with van der Waals surface area (Å²) < 4.78 is 17.0. The van der Waals surface area contributed by atoms with Gasteiger partial charge in [0.15, 0.2) is 11.5 Å². The van der Waals surface area contributed by atoms with E-state index in [4.69, 9.17) is 14.2 Å². The zero-order valence-corrected chi connectivity index (χ0v) is 12.1. The molecule has 0 fully saturated rings. The van der Waals surface area contributed by atoms with Crippen LogP contribution >= 0.6 is 0 Å². The lowest BCUT2D eigenvalue weighted by Crippen LogP contribution is -2.00. The molecular weight excluding hydrogens is 282 g/mol. The van der Waals surface area contributed by atoms with Gasteiger partial charge in [0.1, 0.15) is 17.8 Å². The summed E-state index contributed by atoms with van der Waals surface area (Å²) in [5.41, 5.74) is 3.26. The molecule has 1 aromatic carbocycles. The molecule has 0 amide bonds. The van der Waals surface area contributed by atoms with Gasteiger partial charge in [0.2, 0.25) is 6.79 Å². The van der Waals surface area contributed by atoms with Gasteiger partial charge in [-0.25, -0.2) is 9.97 Å². The van der Waals surface area contributed by atoms with E-state index in [1.54, 1.807) is 6.33 Å². The zero-order valence-electron chi connectivity index (χ0n) is 12.1. The molecule has 0 saturated carbocycles. The predicted octanol–water partition coefficient (Wildman–Crippen LogP) is 3.14. The second-order valence-electron chi connectivity index (χ2n) is 4.98. The van der Waals surface area contributed by atoms with Crippen molar-refractivity contribution in [3.63, 3.8) is 0 Å². The van der Waals surface area contributed by atoms with Crippen LogP contribution in [0.25, 0.3) is 22.3 Å². The Balaban J connectivity index is 1.96. The van der Waals surface area contributed by atoms with Gasteiger partial charge in [0.05, 0.1) is 23.2 Å². The van der Waals surface area contributed by atoms with Gasteiger partial charge in [-0.15, -0.1) is 0 Å². The van der Waals surface area contributed by atoms with Crippen LogP contribution < -0.4 is 14.2 Å². The molecule has 1 aliphatic heterocycles. The van der Waals surface area contributed by atoms with E-state index in [1.165, 1.54) is 0 Å².